The summed E-state index contributed by atoms with van der Waals surface area (Å²) in [6, 6.07) is 15.2. The minimum atomic E-state index is -0.957. The SMILES string of the molecule is Cc1ccc(C(C(=O)NC(C)(C)C)N(C(=O)C(Cc2ccccc2)NC(=O)OC(C)(C)C)C(C)(C)C)cc1. The highest BCUT2D eigenvalue weighted by molar-refractivity contribution is 5.93. The van der Waals surface area contributed by atoms with Crippen LogP contribution in [0.5, 0.6) is 0 Å². The lowest BCUT2D eigenvalue weighted by Gasteiger charge is -2.43. The lowest BCUT2D eigenvalue weighted by atomic mass is 9.93. The molecule has 208 valence electrons. The molecule has 2 aromatic rings. The maximum absolute atomic E-state index is 14.4. The van der Waals surface area contributed by atoms with Crippen molar-refractivity contribution in [3.8, 4) is 0 Å². The molecule has 38 heavy (non-hydrogen) atoms. The van der Waals surface area contributed by atoms with Crippen molar-refractivity contribution in [1.82, 2.24) is 15.5 Å². The number of rotatable bonds is 7. The highest BCUT2D eigenvalue weighted by Gasteiger charge is 2.42. The molecule has 0 spiro atoms. The second-order valence-electron chi connectivity index (χ2n) is 12.8. The van der Waals surface area contributed by atoms with Gasteiger partial charge in [0.25, 0.3) is 0 Å². The van der Waals surface area contributed by atoms with E-state index in [0.29, 0.717) is 5.56 Å². The van der Waals surface area contributed by atoms with Crippen molar-refractivity contribution in [3.63, 3.8) is 0 Å². The van der Waals surface area contributed by atoms with Gasteiger partial charge in [-0.25, -0.2) is 4.79 Å². The van der Waals surface area contributed by atoms with Crippen molar-refractivity contribution >= 4 is 17.9 Å². The first kappa shape index (κ1) is 30.9. The zero-order chi connectivity index (χ0) is 28.9. The molecule has 3 amide bonds. The van der Waals surface area contributed by atoms with E-state index < -0.39 is 34.9 Å². The van der Waals surface area contributed by atoms with Crippen LogP contribution in [0, 0.1) is 6.92 Å². The van der Waals surface area contributed by atoms with Gasteiger partial charge >= 0.3 is 6.09 Å². The van der Waals surface area contributed by atoms with Crippen LogP contribution in [0.25, 0.3) is 0 Å². The molecule has 0 bridgehead atoms. The number of amides is 3. The van der Waals surface area contributed by atoms with E-state index in [9.17, 15) is 14.4 Å². The zero-order valence-electron chi connectivity index (χ0n) is 24.6. The molecular weight excluding hydrogens is 478 g/mol. The van der Waals surface area contributed by atoms with Gasteiger partial charge in [-0.3, -0.25) is 9.59 Å². The van der Waals surface area contributed by atoms with Crippen molar-refractivity contribution in [3.05, 3.63) is 71.3 Å². The summed E-state index contributed by atoms with van der Waals surface area (Å²) in [5, 5.41) is 5.85. The molecule has 0 saturated carbocycles. The average molecular weight is 524 g/mol. The minimum Gasteiger partial charge on any atom is -0.444 e. The summed E-state index contributed by atoms with van der Waals surface area (Å²) < 4.78 is 5.49. The molecule has 2 aromatic carbocycles. The van der Waals surface area contributed by atoms with Crippen LogP contribution in [0.1, 0.15) is 85.0 Å². The maximum atomic E-state index is 14.4. The lowest BCUT2D eigenvalue weighted by Crippen LogP contribution is -2.60. The zero-order valence-corrected chi connectivity index (χ0v) is 24.6. The summed E-state index contributed by atoms with van der Waals surface area (Å²) in [4.78, 5) is 42.7. The first-order chi connectivity index (χ1) is 17.4. The number of nitrogens with one attached hydrogen (secondary N) is 2. The molecular formula is C31H45N3O4. The van der Waals surface area contributed by atoms with E-state index in [4.69, 9.17) is 4.74 Å². The second kappa shape index (κ2) is 12.0. The van der Waals surface area contributed by atoms with Crippen LogP contribution in [-0.2, 0) is 20.7 Å². The maximum Gasteiger partial charge on any atom is 0.408 e. The van der Waals surface area contributed by atoms with Crippen LogP contribution in [0.3, 0.4) is 0 Å². The molecule has 2 N–H and O–H groups in total. The summed E-state index contributed by atoms with van der Waals surface area (Å²) >= 11 is 0. The predicted molar refractivity (Wildman–Crippen MR) is 152 cm³/mol. The predicted octanol–water partition coefficient (Wildman–Crippen LogP) is 5.71. The minimum absolute atomic E-state index is 0.243. The topological polar surface area (TPSA) is 87.7 Å². The summed E-state index contributed by atoms with van der Waals surface area (Å²) in [5.41, 5.74) is 0.617. The van der Waals surface area contributed by atoms with Crippen molar-refractivity contribution in [2.24, 2.45) is 0 Å². The van der Waals surface area contributed by atoms with E-state index in [1.807, 2.05) is 103 Å². The Labute approximate surface area is 228 Å². The van der Waals surface area contributed by atoms with Gasteiger partial charge in [0, 0.05) is 17.5 Å². The number of aryl methyl sites for hydroxylation is 1. The second-order valence-corrected chi connectivity index (χ2v) is 12.8. The van der Waals surface area contributed by atoms with Crippen molar-refractivity contribution in [1.29, 1.82) is 0 Å². The monoisotopic (exact) mass is 523 g/mol. The third kappa shape index (κ3) is 9.51. The number of ether oxygens (including phenoxy) is 1. The van der Waals surface area contributed by atoms with Gasteiger partial charge in [0.1, 0.15) is 17.7 Å². The van der Waals surface area contributed by atoms with Crippen LogP contribution < -0.4 is 10.6 Å². The molecule has 0 heterocycles. The van der Waals surface area contributed by atoms with Gasteiger partial charge in [-0.1, -0.05) is 60.2 Å². The molecule has 2 atom stereocenters. The molecule has 0 radical (unpaired) electrons. The van der Waals surface area contributed by atoms with Gasteiger partial charge in [-0.2, -0.15) is 0 Å². The number of carbonyl (C=O) groups excluding carboxylic acids is 3. The Morgan fingerprint density at radius 2 is 1.39 bits per heavy atom. The van der Waals surface area contributed by atoms with E-state index in [2.05, 4.69) is 10.6 Å². The van der Waals surface area contributed by atoms with E-state index in [1.165, 1.54) is 0 Å². The van der Waals surface area contributed by atoms with Crippen molar-refractivity contribution < 1.29 is 19.1 Å². The first-order valence-corrected chi connectivity index (χ1v) is 13.1. The molecule has 0 aliphatic rings. The first-order valence-electron chi connectivity index (χ1n) is 13.1. The van der Waals surface area contributed by atoms with Crippen LogP contribution in [-0.4, -0.2) is 45.5 Å². The molecule has 2 rings (SSSR count). The summed E-state index contributed by atoms with van der Waals surface area (Å²) in [7, 11) is 0. The standard InChI is InChI=1S/C31H45N3O4/c1-21-16-18-23(19-17-21)25(26(35)33-29(2,3)4)34(30(5,6)7)27(36)24(20-22-14-12-11-13-15-22)32-28(37)38-31(8,9)10/h11-19,24-25H,20H2,1-10H3,(H,32,37)(H,33,35). The van der Waals surface area contributed by atoms with Gasteiger partial charge in [0.05, 0.1) is 0 Å². The number of hydrogen-bond acceptors (Lipinski definition) is 4. The number of hydrogen-bond donors (Lipinski definition) is 2. The third-order valence-corrected chi connectivity index (χ3v) is 5.63. The smallest absolute Gasteiger partial charge is 0.408 e. The number of nitrogens with zero attached hydrogens (tertiary/aromatic N) is 1. The van der Waals surface area contributed by atoms with Crippen LogP contribution in [0.2, 0.25) is 0 Å². The molecule has 7 heteroatoms. The lowest BCUT2D eigenvalue weighted by molar-refractivity contribution is -0.149. The summed E-state index contributed by atoms with van der Waals surface area (Å²) in [6.07, 6.45) is -0.445. The highest BCUT2D eigenvalue weighted by atomic mass is 16.6. The summed E-state index contributed by atoms with van der Waals surface area (Å²) in [6.45, 7) is 18.7. The molecule has 0 aliphatic heterocycles. The number of alkyl carbamates (subject to hydrolysis) is 1. The van der Waals surface area contributed by atoms with Gasteiger partial charge in [0.2, 0.25) is 11.8 Å². The fourth-order valence-electron chi connectivity index (χ4n) is 4.12. The average Bonchev–Trinajstić information content (AvgIpc) is 2.74. The van der Waals surface area contributed by atoms with Gasteiger partial charge in [-0.15, -0.1) is 0 Å². The van der Waals surface area contributed by atoms with E-state index in [0.717, 1.165) is 11.1 Å². The molecule has 0 saturated heterocycles. The number of carbonyl (C=O) groups is 3. The Kier molecular flexibility index (Phi) is 9.76. The van der Waals surface area contributed by atoms with Crippen LogP contribution in [0.15, 0.2) is 54.6 Å². The Morgan fingerprint density at radius 3 is 1.87 bits per heavy atom. The van der Waals surface area contributed by atoms with Crippen LogP contribution in [0.4, 0.5) is 4.79 Å². The van der Waals surface area contributed by atoms with E-state index in [1.54, 1.807) is 25.7 Å². The molecule has 0 aromatic heterocycles. The quantitative estimate of drug-likeness (QED) is 0.486. The Hall–Kier alpha value is -3.35. The fourth-order valence-corrected chi connectivity index (χ4v) is 4.12. The Bertz CT molecular complexity index is 1090. The van der Waals surface area contributed by atoms with Crippen molar-refractivity contribution in [2.45, 2.75) is 104 Å². The molecule has 7 nitrogen and oxygen atoms in total. The van der Waals surface area contributed by atoms with E-state index in [-0.39, 0.29) is 18.2 Å². The molecule has 0 fully saturated rings. The Morgan fingerprint density at radius 1 is 0.842 bits per heavy atom. The van der Waals surface area contributed by atoms with Gasteiger partial charge in [-0.05, 0) is 80.4 Å². The van der Waals surface area contributed by atoms with Crippen molar-refractivity contribution in [2.75, 3.05) is 0 Å². The summed E-state index contributed by atoms with van der Waals surface area (Å²) in [5.74, 6) is -0.665. The van der Waals surface area contributed by atoms with Gasteiger partial charge < -0.3 is 20.3 Å². The Balaban J connectivity index is 2.61. The fraction of sp³-hybridized carbons (Fsp3) is 0.516. The largest absolute Gasteiger partial charge is 0.444 e. The third-order valence-electron chi connectivity index (χ3n) is 5.63. The normalized spacial score (nSPS) is 13.7. The van der Waals surface area contributed by atoms with Gasteiger partial charge in [0.15, 0.2) is 0 Å². The molecule has 0 aliphatic carbocycles. The molecule has 2 unspecified atom stereocenters. The van der Waals surface area contributed by atoms with E-state index >= 15 is 0 Å². The number of benzene rings is 2. The highest BCUT2D eigenvalue weighted by Crippen LogP contribution is 2.31. The van der Waals surface area contributed by atoms with Crippen LogP contribution >= 0.6 is 0 Å².